The van der Waals surface area contributed by atoms with E-state index in [9.17, 15) is 9.90 Å². The fourth-order valence-electron chi connectivity index (χ4n) is 2.15. The molecule has 3 unspecified atom stereocenters. The number of nitrogens with one attached hydrogen (secondary N) is 1. The second kappa shape index (κ2) is 6.06. The van der Waals surface area contributed by atoms with Gasteiger partial charge >= 0.3 is 0 Å². The molecule has 1 fully saturated rings. The van der Waals surface area contributed by atoms with E-state index in [4.69, 9.17) is 10.5 Å². The molecule has 1 amide bonds. The zero-order valence-electron chi connectivity index (χ0n) is 10.6. The standard InChI is InChI=1S/C13H17IN2O3/c1-2-19-11-6-9(15)12(11)16-13(18)8-5-7(14)3-4-10(8)17/h3-5,9,11-12,17H,2,6,15H2,1H3,(H,16,18). The van der Waals surface area contributed by atoms with Crippen LogP contribution in [0.15, 0.2) is 18.2 Å². The number of aromatic hydroxyl groups is 1. The number of halogens is 1. The first kappa shape index (κ1) is 14.5. The van der Waals surface area contributed by atoms with E-state index in [0.29, 0.717) is 6.61 Å². The van der Waals surface area contributed by atoms with E-state index < -0.39 is 0 Å². The molecule has 3 atom stereocenters. The van der Waals surface area contributed by atoms with Crippen molar-refractivity contribution >= 4 is 28.5 Å². The number of nitrogens with two attached hydrogens (primary N) is 1. The number of carbonyl (C=O) groups excluding carboxylic acids is 1. The van der Waals surface area contributed by atoms with Gasteiger partial charge in [-0.25, -0.2) is 0 Å². The molecule has 104 valence electrons. The minimum atomic E-state index is -0.319. The van der Waals surface area contributed by atoms with Crippen molar-refractivity contribution in [2.24, 2.45) is 5.73 Å². The summed E-state index contributed by atoms with van der Waals surface area (Å²) in [7, 11) is 0. The molecule has 0 aliphatic heterocycles. The highest BCUT2D eigenvalue weighted by Crippen LogP contribution is 2.25. The predicted molar refractivity (Wildman–Crippen MR) is 80.1 cm³/mol. The van der Waals surface area contributed by atoms with Crippen molar-refractivity contribution in [3.63, 3.8) is 0 Å². The van der Waals surface area contributed by atoms with Crippen LogP contribution in [-0.2, 0) is 4.74 Å². The molecule has 1 aromatic rings. The average Bonchev–Trinajstić information content (AvgIpc) is 2.38. The molecule has 6 heteroatoms. The smallest absolute Gasteiger partial charge is 0.255 e. The highest BCUT2D eigenvalue weighted by Gasteiger charge is 2.40. The maximum atomic E-state index is 12.1. The van der Waals surface area contributed by atoms with Gasteiger partial charge in [-0.1, -0.05) is 0 Å². The summed E-state index contributed by atoms with van der Waals surface area (Å²) in [6.45, 7) is 2.51. The predicted octanol–water partition coefficient (Wildman–Crippen LogP) is 1.23. The molecule has 0 radical (unpaired) electrons. The molecule has 19 heavy (non-hydrogen) atoms. The zero-order chi connectivity index (χ0) is 14.0. The van der Waals surface area contributed by atoms with Crippen LogP contribution in [0.5, 0.6) is 5.75 Å². The Morgan fingerprint density at radius 1 is 1.63 bits per heavy atom. The number of rotatable bonds is 4. The number of phenolic OH excluding ortho intramolecular Hbond substituents is 1. The normalized spacial score (nSPS) is 25.7. The van der Waals surface area contributed by atoms with Crippen LogP contribution in [0.25, 0.3) is 0 Å². The maximum absolute atomic E-state index is 12.1. The van der Waals surface area contributed by atoms with Gasteiger partial charge in [0.15, 0.2) is 0 Å². The van der Waals surface area contributed by atoms with Gasteiger partial charge in [-0.2, -0.15) is 0 Å². The Hall–Kier alpha value is -0.860. The molecular formula is C13H17IN2O3. The van der Waals surface area contributed by atoms with Gasteiger partial charge in [0.25, 0.3) is 5.91 Å². The third-order valence-electron chi connectivity index (χ3n) is 3.25. The maximum Gasteiger partial charge on any atom is 0.255 e. The highest BCUT2D eigenvalue weighted by molar-refractivity contribution is 14.1. The van der Waals surface area contributed by atoms with Gasteiger partial charge in [0.05, 0.1) is 17.7 Å². The Morgan fingerprint density at radius 3 is 3.00 bits per heavy atom. The summed E-state index contributed by atoms with van der Waals surface area (Å²) in [5, 5.41) is 12.6. The van der Waals surface area contributed by atoms with Crippen molar-refractivity contribution in [2.75, 3.05) is 6.61 Å². The molecule has 1 saturated carbocycles. The molecule has 5 nitrogen and oxygen atoms in total. The zero-order valence-corrected chi connectivity index (χ0v) is 12.8. The summed E-state index contributed by atoms with van der Waals surface area (Å²) >= 11 is 2.09. The number of phenols is 1. The third-order valence-corrected chi connectivity index (χ3v) is 3.92. The van der Waals surface area contributed by atoms with Gasteiger partial charge in [0, 0.05) is 16.2 Å². The van der Waals surface area contributed by atoms with E-state index in [1.165, 1.54) is 6.07 Å². The van der Waals surface area contributed by atoms with E-state index in [2.05, 4.69) is 27.9 Å². The van der Waals surface area contributed by atoms with Crippen LogP contribution < -0.4 is 11.1 Å². The summed E-state index contributed by atoms with van der Waals surface area (Å²) in [6, 6.07) is 4.61. The van der Waals surface area contributed by atoms with Crippen LogP contribution in [0.1, 0.15) is 23.7 Å². The fourth-order valence-corrected chi connectivity index (χ4v) is 2.64. The van der Waals surface area contributed by atoms with E-state index in [-0.39, 0.29) is 35.4 Å². The molecular weight excluding hydrogens is 359 g/mol. The molecule has 0 aromatic heterocycles. The van der Waals surface area contributed by atoms with Crippen molar-refractivity contribution in [3.8, 4) is 5.75 Å². The topological polar surface area (TPSA) is 84.6 Å². The highest BCUT2D eigenvalue weighted by atomic mass is 127. The Balaban J connectivity index is 2.06. The molecule has 2 rings (SSSR count). The van der Waals surface area contributed by atoms with Gasteiger partial charge in [-0.3, -0.25) is 4.79 Å². The third kappa shape index (κ3) is 3.18. The minimum absolute atomic E-state index is 0.0289. The first-order valence-corrected chi connectivity index (χ1v) is 7.27. The van der Waals surface area contributed by atoms with Crippen molar-refractivity contribution in [1.82, 2.24) is 5.32 Å². The van der Waals surface area contributed by atoms with Gasteiger partial charge in [-0.05, 0) is 54.1 Å². The first-order valence-electron chi connectivity index (χ1n) is 6.19. The lowest BCUT2D eigenvalue weighted by Crippen LogP contribution is -2.64. The number of carbonyl (C=O) groups is 1. The second-order valence-corrected chi connectivity index (χ2v) is 5.80. The van der Waals surface area contributed by atoms with Crippen molar-refractivity contribution in [3.05, 3.63) is 27.3 Å². The minimum Gasteiger partial charge on any atom is -0.507 e. The number of hydrogen-bond donors (Lipinski definition) is 3. The lowest BCUT2D eigenvalue weighted by molar-refractivity contribution is -0.0300. The van der Waals surface area contributed by atoms with E-state index >= 15 is 0 Å². The summed E-state index contributed by atoms with van der Waals surface area (Å²) in [5.41, 5.74) is 6.14. The van der Waals surface area contributed by atoms with Crippen LogP contribution in [0, 0.1) is 3.57 Å². The van der Waals surface area contributed by atoms with Crippen LogP contribution >= 0.6 is 22.6 Å². The molecule has 0 bridgehead atoms. The monoisotopic (exact) mass is 376 g/mol. The summed E-state index contributed by atoms with van der Waals surface area (Å²) in [5.74, 6) is -0.348. The number of hydrogen-bond acceptors (Lipinski definition) is 4. The SMILES string of the molecule is CCOC1CC(N)C1NC(=O)c1cc(I)ccc1O. The average molecular weight is 376 g/mol. The fraction of sp³-hybridized carbons (Fsp3) is 0.462. The van der Waals surface area contributed by atoms with E-state index in [1.807, 2.05) is 6.92 Å². The second-order valence-electron chi connectivity index (χ2n) is 4.55. The molecule has 0 spiro atoms. The quantitative estimate of drug-likeness (QED) is 0.691. The van der Waals surface area contributed by atoms with Gasteiger partial charge in [-0.15, -0.1) is 0 Å². The molecule has 1 aliphatic carbocycles. The molecule has 0 saturated heterocycles. The lowest BCUT2D eigenvalue weighted by atomic mass is 9.83. The van der Waals surface area contributed by atoms with E-state index in [1.54, 1.807) is 12.1 Å². The molecule has 1 aromatic carbocycles. The number of ether oxygens (including phenoxy) is 1. The Morgan fingerprint density at radius 2 is 2.37 bits per heavy atom. The van der Waals surface area contributed by atoms with Crippen LogP contribution in [0.3, 0.4) is 0 Å². The van der Waals surface area contributed by atoms with Crippen molar-refractivity contribution < 1.29 is 14.6 Å². The Labute approximate surface area is 125 Å². The van der Waals surface area contributed by atoms with Crippen LogP contribution in [0.2, 0.25) is 0 Å². The van der Waals surface area contributed by atoms with Gasteiger partial charge in [0.2, 0.25) is 0 Å². The number of amides is 1. The van der Waals surface area contributed by atoms with Crippen LogP contribution in [0.4, 0.5) is 0 Å². The molecule has 4 N–H and O–H groups in total. The Bertz CT molecular complexity index is 479. The van der Waals surface area contributed by atoms with Crippen molar-refractivity contribution in [1.29, 1.82) is 0 Å². The largest absolute Gasteiger partial charge is 0.507 e. The summed E-state index contributed by atoms with van der Waals surface area (Å²) in [4.78, 5) is 12.1. The van der Waals surface area contributed by atoms with Crippen LogP contribution in [-0.4, -0.2) is 35.8 Å². The summed E-state index contributed by atoms with van der Waals surface area (Å²) < 4.78 is 6.38. The molecule has 0 heterocycles. The number of benzene rings is 1. The first-order chi connectivity index (χ1) is 9.02. The van der Waals surface area contributed by atoms with Gasteiger partial charge < -0.3 is 20.9 Å². The Kier molecular flexibility index (Phi) is 4.64. The van der Waals surface area contributed by atoms with Crippen molar-refractivity contribution in [2.45, 2.75) is 31.5 Å². The van der Waals surface area contributed by atoms with Gasteiger partial charge in [0.1, 0.15) is 5.75 Å². The summed E-state index contributed by atoms with van der Waals surface area (Å²) in [6.07, 6.45) is 0.714. The molecule has 1 aliphatic rings. The lowest BCUT2D eigenvalue weighted by Gasteiger charge is -2.42. The van der Waals surface area contributed by atoms with E-state index in [0.717, 1.165) is 9.99 Å².